The fraction of sp³-hybridized carbons (Fsp3) is 0.156. The van der Waals surface area contributed by atoms with Gasteiger partial charge in [-0.15, -0.1) is 0 Å². The topological polar surface area (TPSA) is 121 Å². The van der Waals surface area contributed by atoms with Crippen molar-refractivity contribution in [2.24, 2.45) is 0 Å². The van der Waals surface area contributed by atoms with E-state index in [0.717, 1.165) is 22.3 Å². The summed E-state index contributed by atoms with van der Waals surface area (Å²) in [5, 5.41) is 6.05. The largest absolute Gasteiger partial charge is 0.497 e. The van der Waals surface area contributed by atoms with Gasteiger partial charge in [-0.3, -0.25) is 4.79 Å². The number of hydrogen-bond acceptors (Lipinski definition) is 8. The van der Waals surface area contributed by atoms with E-state index in [4.69, 9.17) is 23.3 Å². The maximum Gasteiger partial charge on any atom is 0.453 e. The molecule has 0 saturated carbocycles. The first-order chi connectivity index (χ1) is 27.3. The summed E-state index contributed by atoms with van der Waals surface area (Å²) < 4.78 is 43.7. The molecular weight excluding hydrogens is 727 g/mol. The Balaban J connectivity index is 1.35. The van der Waals surface area contributed by atoms with E-state index >= 15 is 4.57 Å². The third-order valence-corrected chi connectivity index (χ3v) is 11.1. The molecule has 0 bridgehead atoms. The Morgan fingerprint density at radius 1 is 0.571 bits per heavy atom. The Hall–Kier alpha value is -6.51. The molecule has 0 spiro atoms. The number of methoxy groups -OCH3 is 2. The normalized spacial score (nSPS) is 11.8. The number of ether oxygens (including phenoxy) is 3. The lowest BCUT2D eigenvalue weighted by Gasteiger charge is -2.37. The van der Waals surface area contributed by atoms with E-state index < -0.39 is 25.0 Å². The highest BCUT2D eigenvalue weighted by Gasteiger charge is 2.43. The van der Waals surface area contributed by atoms with Crippen molar-refractivity contribution in [3.05, 3.63) is 192 Å². The van der Waals surface area contributed by atoms with Gasteiger partial charge in [-0.05, 0) is 77.2 Å². The lowest BCUT2D eigenvalue weighted by molar-refractivity contribution is -0.122. The highest BCUT2D eigenvalue weighted by Crippen LogP contribution is 2.54. The first kappa shape index (κ1) is 39.2. The minimum atomic E-state index is -4.43. The van der Waals surface area contributed by atoms with E-state index in [-0.39, 0.29) is 36.9 Å². The molecule has 6 aromatic rings. The van der Waals surface area contributed by atoms with Crippen LogP contribution in [0.2, 0.25) is 0 Å². The summed E-state index contributed by atoms with van der Waals surface area (Å²) in [6.45, 7) is -0.0450. The minimum absolute atomic E-state index is 0.0450. The Morgan fingerprint density at radius 2 is 0.964 bits per heavy atom. The molecule has 6 aromatic carbocycles. The predicted octanol–water partition coefficient (Wildman–Crippen LogP) is 9.50. The number of alkyl carbamates (subject to hydrolysis) is 1. The molecular formula is C45H43N2O8P. The molecule has 2 amide bonds. The summed E-state index contributed by atoms with van der Waals surface area (Å²) in [7, 11) is -1.37. The molecule has 1 unspecified atom stereocenters. The van der Waals surface area contributed by atoms with Crippen molar-refractivity contribution in [2.75, 3.05) is 14.2 Å². The molecule has 0 saturated heterocycles. The quantitative estimate of drug-likeness (QED) is 0.0695. The number of carbonyl (C=O) groups is 2. The highest BCUT2D eigenvalue weighted by molar-refractivity contribution is 7.55. The van der Waals surface area contributed by atoms with E-state index in [1.807, 2.05) is 121 Å². The fourth-order valence-electron chi connectivity index (χ4n) is 6.24. The van der Waals surface area contributed by atoms with Gasteiger partial charge in [0.2, 0.25) is 5.91 Å². The van der Waals surface area contributed by atoms with Gasteiger partial charge in [0, 0.05) is 6.42 Å². The Labute approximate surface area is 326 Å². The van der Waals surface area contributed by atoms with Gasteiger partial charge >= 0.3 is 13.7 Å². The highest BCUT2D eigenvalue weighted by atomic mass is 31.2. The van der Waals surface area contributed by atoms with Crippen molar-refractivity contribution < 1.29 is 37.4 Å². The number of benzene rings is 6. The van der Waals surface area contributed by atoms with Gasteiger partial charge < -0.3 is 33.9 Å². The van der Waals surface area contributed by atoms with Gasteiger partial charge in [-0.1, -0.05) is 121 Å². The van der Waals surface area contributed by atoms with Crippen molar-refractivity contribution in [3.8, 4) is 23.0 Å². The molecule has 10 nitrogen and oxygen atoms in total. The van der Waals surface area contributed by atoms with Crippen LogP contribution in [0.3, 0.4) is 0 Å². The third-order valence-electron chi connectivity index (χ3n) is 9.06. The van der Waals surface area contributed by atoms with E-state index in [1.165, 1.54) is 14.2 Å². The molecule has 0 aromatic heterocycles. The number of carbonyl (C=O) groups excluding carboxylic acids is 2. The molecule has 2 N–H and O–H groups in total. The molecule has 0 heterocycles. The van der Waals surface area contributed by atoms with E-state index in [1.54, 1.807) is 48.5 Å². The number of nitrogens with one attached hydrogen (secondary N) is 2. The molecule has 6 rings (SSSR count). The standard InChI is InChI=1S/C45H43N2O8P/c1-51-38-23-27-40(28-24-38)54-56(50,55-41-29-25-39(52-2)26-30-41)43(46-44(49)53-33-34-15-7-3-8-16-34)32-31-42(48)47-45(35-17-9-4-10-18-35,36-19-11-5-12-20-36)37-21-13-6-14-22-37/h3-30,43H,31-33H2,1-2H3,(H,46,49)(H,47,48). The van der Waals surface area contributed by atoms with Crippen LogP contribution >= 0.6 is 7.60 Å². The van der Waals surface area contributed by atoms with Crippen LogP contribution in [-0.2, 0) is 26.2 Å². The minimum Gasteiger partial charge on any atom is -0.497 e. The second kappa shape index (κ2) is 18.7. The second-order valence-corrected chi connectivity index (χ2v) is 14.8. The van der Waals surface area contributed by atoms with E-state index in [2.05, 4.69) is 10.6 Å². The molecule has 56 heavy (non-hydrogen) atoms. The monoisotopic (exact) mass is 770 g/mol. The van der Waals surface area contributed by atoms with Crippen LogP contribution in [0.1, 0.15) is 35.1 Å². The van der Waals surface area contributed by atoms with Crippen molar-refractivity contribution in [2.45, 2.75) is 30.8 Å². The van der Waals surface area contributed by atoms with Crippen molar-refractivity contribution in [1.29, 1.82) is 0 Å². The van der Waals surface area contributed by atoms with E-state index in [9.17, 15) is 9.59 Å². The maximum atomic E-state index is 15.2. The molecule has 0 radical (unpaired) electrons. The van der Waals surface area contributed by atoms with Gasteiger partial charge in [-0.25, -0.2) is 9.36 Å². The lowest BCUT2D eigenvalue weighted by atomic mass is 9.77. The first-order valence-electron chi connectivity index (χ1n) is 18.0. The van der Waals surface area contributed by atoms with Gasteiger partial charge in [0.15, 0.2) is 5.78 Å². The zero-order valence-corrected chi connectivity index (χ0v) is 32.0. The van der Waals surface area contributed by atoms with Crippen molar-refractivity contribution >= 4 is 19.6 Å². The summed E-state index contributed by atoms with van der Waals surface area (Å²) in [5.41, 5.74) is 2.16. The second-order valence-electron chi connectivity index (χ2n) is 12.7. The summed E-state index contributed by atoms with van der Waals surface area (Å²) in [5.74, 6) is -0.261. The van der Waals surface area contributed by atoms with Crippen LogP contribution in [0.15, 0.2) is 170 Å². The zero-order chi connectivity index (χ0) is 39.2. The van der Waals surface area contributed by atoms with Crippen LogP contribution in [0.4, 0.5) is 4.79 Å². The van der Waals surface area contributed by atoms with Crippen LogP contribution in [0, 0.1) is 0 Å². The maximum absolute atomic E-state index is 15.2. The van der Waals surface area contributed by atoms with Gasteiger partial charge in [0.1, 0.15) is 35.1 Å². The van der Waals surface area contributed by atoms with Crippen molar-refractivity contribution in [3.63, 3.8) is 0 Å². The van der Waals surface area contributed by atoms with Crippen LogP contribution in [0.5, 0.6) is 23.0 Å². The van der Waals surface area contributed by atoms with Gasteiger partial charge in [0.05, 0.1) is 14.2 Å². The molecule has 286 valence electrons. The number of rotatable bonds is 17. The first-order valence-corrected chi connectivity index (χ1v) is 19.6. The Morgan fingerprint density at radius 3 is 1.38 bits per heavy atom. The lowest BCUT2D eigenvalue weighted by Crippen LogP contribution is -2.48. The smallest absolute Gasteiger partial charge is 0.453 e. The van der Waals surface area contributed by atoms with Crippen LogP contribution in [-0.4, -0.2) is 32.0 Å². The van der Waals surface area contributed by atoms with Gasteiger partial charge in [-0.2, -0.15) is 0 Å². The molecule has 0 aliphatic rings. The number of amides is 2. The Kier molecular flexibility index (Phi) is 13.1. The molecule has 0 aliphatic heterocycles. The molecule has 1 atom stereocenters. The van der Waals surface area contributed by atoms with Crippen LogP contribution in [0.25, 0.3) is 0 Å². The molecule has 0 fully saturated rings. The van der Waals surface area contributed by atoms with Gasteiger partial charge in [0.25, 0.3) is 0 Å². The SMILES string of the molecule is COc1ccc(OP(=O)(Oc2ccc(OC)cc2)C(CCC(=O)NC(c2ccccc2)(c2ccccc2)c2ccccc2)NC(=O)OCc2ccccc2)cc1. The fourth-order valence-corrected chi connectivity index (χ4v) is 8.08. The van der Waals surface area contributed by atoms with Crippen molar-refractivity contribution in [1.82, 2.24) is 10.6 Å². The average molecular weight is 771 g/mol. The number of hydrogen-bond donors (Lipinski definition) is 2. The summed E-state index contributed by atoms with van der Waals surface area (Å²) >= 11 is 0. The molecule has 11 heteroatoms. The third kappa shape index (κ3) is 9.77. The van der Waals surface area contributed by atoms with Crippen LogP contribution < -0.4 is 29.2 Å². The molecule has 0 aliphatic carbocycles. The van der Waals surface area contributed by atoms with E-state index in [0.29, 0.717) is 11.5 Å². The summed E-state index contributed by atoms with van der Waals surface area (Å²) in [4.78, 5) is 27.9. The Bertz CT molecular complexity index is 2040. The summed E-state index contributed by atoms with van der Waals surface area (Å²) in [6.07, 6.45) is -1.23. The predicted molar refractivity (Wildman–Crippen MR) is 215 cm³/mol. The summed E-state index contributed by atoms with van der Waals surface area (Å²) in [6, 6.07) is 51.1. The zero-order valence-electron chi connectivity index (χ0n) is 31.1. The average Bonchev–Trinajstić information content (AvgIpc) is 3.25.